The molecule has 3 aromatic heterocycles. The molecule has 11 heteroatoms. The highest BCUT2D eigenvalue weighted by molar-refractivity contribution is 5.99. The van der Waals surface area contributed by atoms with Crippen molar-refractivity contribution in [3.05, 3.63) is 60.5 Å². The summed E-state index contributed by atoms with van der Waals surface area (Å²) < 4.78 is 26.9. The molecule has 33 heavy (non-hydrogen) atoms. The van der Waals surface area contributed by atoms with E-state index in [1.165, 1.54) is 36.9 Å². The third-order valence-electron chi connectivity index (χ3n) is 4.55. The van der Waals surface area contributed by atoms with Gasteiger partial charge in [-0.25, -0.2) is 19.2 Å². The molecule has 2 amide bonds. The molecular weight excluding hydrogens is 429 g/mol. The fourth-order valence-corrected chi connectivity index (χ4v) is 2.84. The number of nitrogens with zero attached hydrogens (tertiary/aromatic N) is 5. The number of oxazole rings is 1. The Hall–Kier alpha value is -4.28. The molecule has 0 atom stereocenters. The number of urea groups is 1. The second-order valence-corrected chi connectivity index (χ2v) is 8.17. The van der Waals surface area contributed by atoms with Crippen LogP contribution in [-0.2, 0) is 12.5 Å². The molecule has 170 valence electrons. The van der Waals surface area contributed by atoms with E-state index in [0.717, 1.165) is 11.8 Å². The standard InChI is InChI=1S/C22H22FN7O3/c1-22(2,3)16-12-17(30(4)29-16)27-21(31)26-15-6-5-13(11-14(15)23)33-18-7-8-24-19(28-18)20-25-9-10-32-20/h5-12H,1-4H3,(H2,26,27,31). The van der Waals surface area contributed by atoms with Crippen molar-refractivity contribution in [3.63, 3.8) is 0 Å². The van der Waals surface area contributed by atoms with Gasteiger partial charge in [-0.15, -0.1) is 0 Å². The Kier molecular flexibility index (Phi) is 5.78. The Balaban J connectivity index is 1.42. The molecule has 0 spiro atoms. The second kappa shape index (κ2) is 8.69. The summed E-state index contributed by atoms with van der Waals surface area (Å²) in [6.07, 6.45) is 4.35. The third kappa shape index (κ3) is 5.14. The summed E-state index contributed by atoms with van der Waals surface area (Å²) in [7, 11) is 1.72. The van der Waals surface area contributed by atoms with Crippen LogP contribution < -0.4 is 15.4 Å². The van der Waals surface area contributed by atoms with E-state index in [1.54, 1.807) is 17.8 Å². The zero-order chi connectivity index (χ0) is 23.6. The van der Waals surface area contributed by atoms with E-state index in [1.807, 2.05) is 20.8 Å². The zero-order valence-corrected chi connectivity index (χ0v) is 18.5. The lowest BCUT2D eigenvalue weighted by Gasteiger charge is -2.13. The second-order valence-electron chi connectivity index (χ2n) is 8.17. The van der Waals surface area contributed by atoms with E-state index in [2.05, 4.69) is 30.7 Å². The van der Waals surface area contributed by atoms with Gasteiger partial charge < -0.3 is 14.5 Å². The predicted molar refractivity (Wildman–Crippen MR) is 119 cm³/mol. The quantitative estimate of drug-likeness (QED) is 0.450. The Morgan fingerprint density at radius 2 is 1.94 bits per heavy atom. The largest absolute Gasteiger partial charge is 0.442 e. The van der Waals surface area contributed by atoms with E-state index in [-0.39, 0.29) is 34.4 Å². The predicted octanol–water partition coefficient (Wildman–Crippen LogP) is 4.74. The van der Waals surface area contributed by atoms with Gasteiger partial charge in [-0.1, -0.05) is 20.8 Å². The first-order valence-electron chi connectivity index (χ1n) is 10.0. The molecule has 0 fully saturated rings. The van der Waals surface area contributed by atoms with E-state index in [0.29, 0.717) is 5.82 Å². The van der Waals surface area contributed by atoms with E-state index < -0.39 is 11.8 Å². The van der Waals surface area contributed by atoms with Crippen LogP contribution in [0.15, 0.2) is 53.4 Å². The van der Waals surface area contributed by atoms with Gasteiger partial charge in [0.15, 0.2) is 0 Å². The minimum Gasteiger partial charge on any atom is -0.442 e. The summed E-state index contributed by atoms with van der Waals surface area (Å²) in [6.45, 7) is 6.07. The maximum Gasteiger partial charge on any atom is 0.324 e. The van der Waals surface area contributed by atoms with Gasteiger partial charge in [0, 0.05) is 36.9 Å². The highest BCUT2D eigenvalue weighted by atomic mass is 19.1. The summed E-state index contributed by atoms with van der Waals surface area (Å²) >= 11 is 0. The van der Waals surface area contributed by atoms with Crippen molar-refractivity contribution in [2.24, 2.45) is 7.05 Å². The average Bonchev–Trinajstić information content (AvgIpc) is 3.41. The summed E-state index contributed by atoms with van der Waals surface area (Å²) in [5, 5.41) is 9.55. The smallest absolute Gasteiger partial charge is 0.324 e. The fourth-order valence-electron chi connectivity index (χ4n) is 2.84. The van der Waals surface area contributed by atoms with Gasteiger partial charge in [0.05, 0.1) is 17.6 Å². The number of hydrogen-bond acceptors (Lipinski definition) is 7. The Morgan fingerprint density at radius 1 is 1.12 bits per heavy atom. The number of halogens is 1. The first-order valence-corrected chi connectivity index (χ1v) is 10.0. The molecule has 2 N–H and O–H groups in total. The van der Waals surface area contributed by atoms with Gasteiger partial charge in [-0.3, -0.25) is 10.00 Å². The van der Waals surface area contributed by atoms with Crippen molar-refractivity contribution in [2.45, 2.75) is 26.2 Å². The molecule has 4 aromatic rings. The number of amides is 2. The number of aromatic nitrogens is 5. The third-order valence-corrected chi connectivity index (χ3v) is 4.55. The highest BCUT2D eigenvalue weighted by Crippen LogP contribution is 2.26. The number of nitrogens with one attached hydrogen (secondary N) is 2. The molecule has 0 bridgehead atoms. The summed E-state index contributed by atoms with van der Waals surface area (Å²) in [4.78, 5) is 24.6. The monoisotopic (exact) mass is 451 g/mol. The van der Waals surface area contributed by atoms with Crippen molar-refractivity contribution in [1.82, 2.24) is 24.7 Å². The minimum atomic E-state index is -0.676. The molecule has 3 heterocycles. The van der Waals surface area contributed by atoms with Crippen molar-refractivity contribution in [1.29, 1.82) is 0 Å². The Labute approximate surface area is 188 Å². The SMILES string of the molecule is Cn1nc(C(C)(C)C)cc1NC(=O)Nc1ccc(Oc2ccnc(-c3ncco3)n2)cc1F. The average molecular weight is 451 g/mol. The van der Waals surface area contributed by atoms with Gasteiger partial charge in [-0.05, 0) is 12.1 Å². The first kappa shape index (κ1) is 21.9. The Morgan fingerprint density at radius 3 is 2.61 bits per heavy atom. The summed E-state index contributed by atoms with van der Waals surface area (Å²) in [5.74, 6) is 0.658. The molecule has 0 aliphatic rings. The molecule has 4 rings (SSSR count). The number of rotatable bonds is 5. The normalized spacial score (nSPS) is 11.3. The highest BCUT2D eigenvalue weighted by Gasteiger charge is 2.20. The van der Waals surface area contributed by atoms with Crippen LogP contribution in [0, 0.1) is 5.82 Å². The number of ether oxygens (including phenoxy) is 1. The van der Waals surface area contributed by atoms with Gasteiger partial charge in [0.1, 0.15) is 23.6 Å². The molecule has 0 saturated heterocycles. The van der Waals surface area contributed by atoms with Gasteiger partial charge in [0.25, 0.3) is 5.89 Å². The molecule has 0 aliphatic carbocycles. The van der Waals surface area contributed by atoms with Crippen molar-refractivity contribution in [3.8, 4) is 23.3 Å². The van der Waals surface area contributed by atoms with Gasteiger partial charge in [0.2, 0.25) is 11.7 Å². The number of aryl methyl sites for hydroxylation is 1. The van der Waals surface area contributed by atoms with E-state index in [9.17, 15) is 9.18 Å². The number of hydrogen-bond donors (Lipinski definition) is 2. The maximum absolute atomic E-state index is 14.6. The van der Waals surface area contributed by atoms with Gasteiger partial charge >= 0.3 is 6.03 Å². The van der Waals surface area contributed by atoms with Crippen LogP contribution >= 0.6 is 0 Å². The van der Waals surface area contributed by atoms with Crippen LogP contribution in [-0.4, -0.2) is 30.8 Å². The molecule has 1 aromatic carbocycles. The lowest BCUT2D eigenvalue weighted by Crippen LogP contribution is -2.21. The van der Waals surface area contributed by atoms with Crippen LogP contribution in [0.2, 0.25) is 0 Å². The molecule has 0 aliphatic heterocycles. The molecule has 0 saturated carbocycles. The zero-order valence-electron chi connectivity index (χ0n) is 18.5. The minimum absolute atomic E-state index is 0.0128. The fraction of sp³-hybridized carbons (Fsp3) is 0.227. The van der Waals surface area contributed by atoms with Crippen molar-refractivity contribution in [2.75, 3.05) is 10.6 Å². The van der Waals surface area contributed by atoms with Gasteiger partial charge in [-0.2, -0.15) is 10.1 Å². The first-order chi connectivity index (χ1) is 15.7. The van der Waals surface area contributed by atoms with Crippen LogP contribution in [0.4, 0.5) is 20.7 Å². The molecule has 0 unspecified atom stereocenters. The maximum atomic E-state index is 14.6. The van der Waals surface area contributed by atoms with Crippen LogP contribution in [0.25, 0.3) is 11.7 Å². The van der Waals surface area contributed by atoms with Crippen molar-refractivity contribution >= 4 is 17.5 Å². The van der Waals surface area contributed by atoms with Crippen LogP contribution in [0.5, 0.6) is 11.6 Å². The molecule has 0 radical (unpaired) electrons. The summed E-state index contributed by atoms with van der Waals surface area (Å²) in [6, 6.07) is 6.74. The molecule has 10 nitrogen and oxygen atoms in total. The number of benzene rings is 1. The van der Waals surface area contributed by atoms with Crippen LogP contribution in [0.3, 0.4) is 0 Å². The number of carbonyl (C=O) groups excluding carboxylic acids is 1. The number of anilines is 2. The van der Waals surface area contributed by atoms with E-state index in [4.69, 9.17) is 9.15 Å². The van der Waals surface area contributed by atoms with Crippen molar-refractivity contribution < 1.29 is 18.3 Å². The molecular formula is C22H22FN7O3. The lowest BCUT2D eigenvalue weighted by molar-refractivity contribution is 0.262. The summed E-state index contributed by atoms with van der Waals surface area (Å²) in [5.41, 5.74) is 0.638. The number of carbonyl (C=O) groups is 1. The van der Waals surface area contributed by atoms with E-state index >= 15 is 0 Å². The lowest BCUT2D eigenvalue weighted by atomic mass is 9.92. The topological polar surface area (TPSA) is 120 Å². The van der Waals surface area contributed by atoms with Crippen LogP contribution in [0.1, 0.15) is 26.5 Å². The Bertz CT molecular complexity index is 1280.